The lowest BCUT2D eigenvalue weighted by atomic mass is 9.91. The molecule has 2 heterocycles. The molecular formula is C14H18N2O2. The Bertz CT molecular complexity index is 453. The highest BCUT2D eigenvalue weighted by Gasteiger charge is 2.19. The van der Waals surface area contributed by atoms with Crippen molar-refractivity contribution >= 4 is 11.6 Å². The van der Waals surface area contributed by atoms with E-state index in [0.717, 1.165) is 24.5 Å². The topological polar surface area (TPSA) is 50.4 Å². The maximum Gasteiger partial charge on any atom is 0.227 e. The number of fused-ring (bicyclic) bond motifs is 1. The zero-order valence-corrected chi connectivity index (χ0v) is 10.4. The molecule has 4 nitrogen and oxygen atoms in total. The molecule has 3 rings (SSSR count). The van der Waals surface area contributed by atoms with Crippen LogP contribution in [-0.4, -0.2) is 25.6 Å². The highest BCUT2D eigenvalue weighted by atomic mass is 16.5. The molecule has 1 saturated heterocycles. The minimum Gasteiger partial charge on any atom is -0.491 e. The van der Waals surface area contributed by atoms with Crippen molar-refractivity contribution in [1.29, 1.82) is 0 Å². The van der Waals surface area contributed by atoms with E-state index < -0.39 is 0 Å². The summed E-state index contributed by atoms with van der Waals surface area (Å²) in [6.45, 7) is 2.60. The van der Waals surface area contributed by atoms with Crippen molar-refractivity contribution in [3.8, 4) is 5.75 Å². The van der Waals surface area contributed by atoms with Crippen LogP contribution in [0.2, 0.25) is 0 Å². The molecule has 1 atom stereocenters. The van der Waals surface area contributed by atoms with E-state index in [1.54, 1.807) is 0 Å². The summed E-state index contributed by atoms with van der Waals surface area (Å²) in [5, 5.41) is 6.33. The first-order valence-corrected chi connectivity index (χ1v) is 6.60. The molecule has 1 fully saturated rings. The number of rotatable bonds is 1. The fourth-order valence-corrected chi connectivity index (χ4v) is 2.63. The average molecular weight is 246 g/mol. The fraction of sp³-hybridized carbons (Fsp3) is 0.500. The number of hydrogen-bond acceptors (Lipinski definition) is 3. The quantitative estimate of drug-likeness (QED) is 0.795. The molecule has 96 valence electrons. The summed E-state index contributed by atoms with van der Waals surface area (Å²) < 4.78 is 5.56. The summed E-state index contributed by atoms with van der Waals surface area (Å²) in [5.41, 5.74) is 2.10. The van der Waals surface area contributed by atoms with Crippen LogP contribution in [0.5, 0.6) is 5.75 Å². The van der Waals surface area contributed by atoms with Gasteiger partial charge in [-0.3, -0.25) is 4.79 Å². The van der Waals surface area contributed by atoms with E-state index in [9.17, 15) is 4.79 Å². The number of ether oxygens (including phenoxy) is 1. The SMILES string of the molecule is O=C1CCOc2ccc(C3CCCNC3)cc2N1. The molecule has 1 amide bonds. The number of carbonyl (C=O) groups is 1. The van der Waals surface area contributed by atoms with E-state index in [1.807, 2.05) is 6.07 Å². The van der Waals surface area contributed by atoms with E-state index in [-0.39, 0.29) is 5.91 Å². The molecule has 0 bridgehead atoms. The molecule has 0 radical (unpaired) electrons. The maximum atomic E-state index is 11.5. The third-order valence-electron chi connectivity index (χ3n) is 3.63. The van der Waals surface area contributed by atoms with E-state index in [0.29, 0.717) is 18.9 Å². The Morgan fingerprint density at radius 1 is 1.33 bits per heavy atom. The second-order valence-electron chi connectivity index (χ2n) is 4.95. The zero-order chi connectivity index (χ0) is 12.4. The Kier molecular flexibility index (Phi) is 3.19. The van der Waals surface area contributed by atoms with Crippen molar-refractivity contribution in [2.24, 2.45) is 0 Å². The van der Waals surface area contributed by atoms with Gasteiger partial charge in [0.15, 0.2) is 0 Å². The van der Waals surface area contributed by atoms with Crippen molar-refractivity contribution in [3.05, 3.63) is 23.8 Å². The number of carbonyl (C=O) groups excluding carboxylic acids is 1. The standard InChI is InChI=1S/C14H18N2O2/c17-14-5-7-18-13-4-3-10(8-12(13)16-14)11-2-1-6-15-9-11/h3-4,8,11,15H,1-2,5-7,9H2,(H,16,17). The predicted molar refractivity (Wildman–Crippen MR) is 70.0 cm³/mol. The van der Waals surface area contributed by atoms with Crippen LogP contribution in [0.1, 0.15) is 30.7 Å². The Hall–Kier alpha value is -1.55. The summed E-state index contributed by atoms with van der Waals surface area (Å²) in [7, 11) is 0. The largest absolute Gasteiger partial charge is 0.491 e. The first-order chi connectivity index (χ1) is 8.83. The molecule has 1 unspecified atom stereocenters. The maximum absolute atomic E-state index is 11.5. The number of piperidine rings is 1. The molecule has 0 aliphatic carbocycles. The highest BCUT2D eigenvalue weighted by molar-refractivity contribution is 5.93. The Labute approximate surface area is 107 Å². The van der Waals surface area contributed by atoms with Crippen LogP contribution in [0.15, 0.2) is 18.2 Å². The van der Waals surface area contributed by atoms with Crippen LogP contribution in [-0.2, 0) is 4.79 Å². The number of hydrogen-bond donors (Lipinski definition) is 2. The lowest BCUT2D eigenvalue weighted by Gasteiger charge is -2.23. The molecule has 2 N–H and O–H groups in total. The Morgan fingerprint density at radius 3 is 3.11 bits per heavy atom. The first kappa shape index (κ1) is 11.5. The van der Waals surface area contributed by atoms with Crippen LogP contribution in [0.3, 0.4) is 0 Å². The van der Waals surface area contributed by atoms with Gasteiger partial charge >= 0.3 is 0 Å². The van der Waals surface area contributed by atoms with E-state index in [2.05, 4.69) is 22.8 Å². The molecule has 2 aliphatic heterocycles. The molecule has 1 aromatic carbocycles. The van der Waals surface area contributed by atoms with Gasteiger partial charge in [-0.05, 0) is 43.0 Å². The second kappa shape index (κ2) is 4.98. The molecule has 0 saturated carbocycles. The smallest absolute Gasteiger partial charge is 0.227 e. The van der Waals surface area contributed by atoms with Gasteiger partial charge in [0.05, 0.1) is 18.7 Å². The minimum atomic E-state index is 0.0349. The predicted octanol–water partition coefficient (Wildman–Crippen LogP) is 1.87. The lowest BCUT2D eigenvalue weighted by Crippen LogP contribution is -2.28. The van der Waals surface area contributed by atoms with Crippen molar-refractivity contribution in [3.63, 3.8) is 0 Å². The normalized spacial score (nSPS) is 23.6. The Balaban J connectivity index is 1.86. The van der Waals surface area contributed by atoms with Crippen LogP contribution in [0.25, 0.3) is 0 Å². The summed E-state index contributed by atoms with van der Waals surface area (Å²) in [6.07, 6.45) is 2.85. The number of amides is 1. The fourth-order valence-electron chi connectivity index (χ4n) is 2.63. The minimum absolute atomic E-state index is 0.0349. The van der Waals surface area contributed by atoms with Gasteiger partial charge in [0.25, 0.3) is 0 Å². The van der Waals surface area contributed by atoms with Crippen molar-refractivity contribution in [1.82, 2.24) is 5.32 Å². The van der Waals surface area contributed by atoms with Gasteiger partial charge in [-0.2, -0.15) is 0 Å². The summed E-state index contributed by atoms with van der Waals surface area (Å²) in [6, 6.07) is 6.16. The molecular weight excluding hydrogens is 228 g/mol. The number of nitrogens with one attached hydrogen (secondary N) is 2. The van der Waals surface area contributed by atoms with Gasteiger partial charge in [-0.1, -0.05) is 6.07 Å². The monoisotopic (exact) mass is 246 g/mol. The van der Waals surface area contributed by atoms with Gasteiger partial charge in [-0.15, -0.1) is 0 Å². The number of benzene rings is 1. The van der Waals surface area contributed by atoms with Gasteiger partial charge in [0, 0.05) is 6.54 Å². The molecule has 2 aliphatic rings. The van der Waals surface area contributed by atoms with Crippen LogP contribution < -0.4 is 15.4 Å². The lowest BCUT2D eigenvalue weighted by molar-refractivity contribution is -0.116. The second-order valence-corrected chi connectivity index (χ2v) is 4.95. The Morgan fingerprint density at radius 2 is 2.28 bits per heavy atom. The summed E-state index contributed by atoms with van der Waals surface area (Å²) in [4.78, 5) is 11.5. The van der Waals surface area contributed by atoms with Crippen LogP contribution in [0, 0.1) is 0 Å². The summed E-state index contributed by atoms with van der Waals surface area (Å²) in [5.74, 6) is 1.37. The molecule has 0 aromatic heterocycles. The van der Waals surface area contributed by atoms with E-state index >= 15 is 0 Å². The van der Waals surface area contributed by atoms with Crippen molar-refractivity contribution in [2.75, 3.05) is 25.0 Å². The molecule has 0 spiro atoms. The molecule has 1 aromatic rings. The summed E-state index contributed by atoms with van der Waals surface area (Å²) >= 11 is 0. The third-order valence-corrected chi connectivity index (χ3v) is 3.63. The zero-order valence-electron chi connectivity index (χ0n) is 10.4. The number of anilines is 1. The molecule has 4 heteroatoms. The van der Waals surface area contributed by atoms with Crippen LogP contribution in [0.4, 0.5) is 5.69 Å². The van der Waals surface area contributed by atoms with E-state index in [4.69, 9.17) is 4.74 Å². The van der Waals surface area contributed by atoms with Crippen molar-refractivity contribution < 1.29 is 9.53 Å². The van der Waals surface area contributed by atoms with Crippen LogP contribution >= 0.6 is 0 Å². The average Bonchev–Trinajstić information content (AvgIpc) is 2.59. The highest BCUT2D eigenvalue weighted by Crippen LogP contribution is 2.32. The van der Waals surface area contributed by atoms with Gasteiger partial charge in [-0.25, -0.2) is 0 Å². The molecule has 18 heavy (non-hydrogen) atoms. The van der Waals surface area contributed by atoms with Gasteiger partial charge in [0.1, 0.15) is 5.75 Å². The van der Waals surface area contributed by atoms with Crippen molar-refractivity contribution in [2.45, 2.75) is 25.2 Å². The third kappa shape index (κ3) is 2.34. The van der Waals surface area contributed by atoms with Gasteiger partial charge < -0.3 is 15.4 Å². The van der Waals surface area contributed by atoms with E-state index in [1.165, 1.54) is 18.4 Å². The first-order valence-electron chi connectivity index (χ1n) is 6.60. The van der Waals surface area contributed by atoms with Gasteiger partial charge in [0.2, 0.25) is 5.91 Å².